The fraction of sp³-hybridized carbons (Fsp3) is 0.167. The summed E-state index contributed by atoms with van der Waals surface area (Å²) in [7, 11) is 0. The number of nitrogens with one attached hydrogen (secondary N) is 1. The van der Waals surface area contributed by atoms with Crippen LogP contribution in [0.3, 0.4) is 0 Å². The van der Waals surface area contributed by atoms with Gasteiger partial charge in [0.15, 0.2) is 4.77 Å². The Balaban J connectivity index is 2.00. The van der Waals surface area contributed by atoms with Crippen LogP contribution in [0.1, 0.15) is 5.01 Å². The van der Waals surface area contributed by atoms with Gasteiger partial charge >= 0.3 is 0 Å². The van der Waals surface area contributed by atoms with Crippen molar-refractivity contribution in [2.45, 2.75) is 13.0 Å². The number of hydrogen-bond acceptors (Lipinski definition) is 3. The van der Waals surface area contributed by atoms with E-state index in [0.717, 1.165) is 16.9 Å². The average Bonchev–Trinajstić information content (AvgIpc) is 2.96. The third-order valence-corrected chi connectivity index (χ3v) is 4.30. The van der Waals surface area contributed by atoms with Gasteiger partial charge in [-0.05, 0) is 18.3 Å². The Kier molecular flexibility index (Phi) is 3.38. The number of imidazole rings is 1. The Labute approximate surface area is 122 Å². The summed E-state index contributed by atoms with van der Waals surface area (Å²) in [5.74, 6) is -0.447. The van der Waals surface area contributed by atoms with E-state index in [-0.39, 0.29) is 5.02 Å². The number of rotatable bonds is 3. The van der Waals surface area contributed by atoms with Crippen molar-refractivity contribution >= 4 is 46.2 Å². The summed E-state index contributed by atoms with van der Waals surface area (Å²) in [5.41, 5.74) is 1.47. The number of aryl methyl sites for hydroxylation is 2. The predicted octanol–water partition coefficient (Wildman–Crippen LogP) is 4.19. The zero-order valence-corrected chi connectivity index (χ0v) is 12.1. The smallest absolute Gasteiger partial charge is 0.178 e. The Hall–Kier alpha value is -1.24. The van der Waals surface area contributed by atoms with E-state index < -0.39 is 5.82 Å². The van der Waals surface area contributed by atoms with Gasteiger partial charge in [0, 0.05) is 30.6 Å². The topological polar surface area (TPSA) is 33.6 Å². The summed E-state index contributed by atoms with van der Waals surface area (Å²) in [6.45, 7) is 0.689. The molecule has 0 bridgehead atoms. The molecule has 98 valence electrons. The Morgan fingerprint density at radius 3 is 3.05 bits per heavy atom. The minimum absolute atomic E-state index is 0.101. The second-order valence-corrected chi connectivity index (χ2v) is 5.81. The molecule has 0 aliphatic carbocycles. The van der Waals surface area contributed by atoms with Crippen LogP contribution in [0.2, 0.25) is 5.02 Å². The van der Waals surface area contributed by atoms with Gasteiger partial charge in [0.05, 0.1) is 21.1 Å². The summed E-state index contributed by atoms with van der Waals surface area (Å²) in [6, 6.07) is 2.97. The van der Waals surface area contributed by atoms with Crippen molar-refractivity contribution in [3.05, 3.63) is 44.3 Å². The quantitative estimate of drug-likeness (QED) is 0.736. The van der Waals surface area contributed by atoms with Crippen molar-refractivity contribution in [1.82, 2.24) is 14.5 Å². The lowest BCUT2D eigenvalue weighted by Gasteiger charge is -2.03. The second-order valence-electron chi connectivity index (χ2n) is 4.04. The van der Waals surface area contributed by atoms with Gasteiger partial charge in [0.1, 0.15) is 5.82 Å². The minimum atomic E-state index is -0.447. The van der Waals surface area contributed by atoms with E-state index >= 15 is 0 Å². The van der Waals surface area contributed by atoms with Crippen molar-refractivity contribution in [3.63, 3.8) is 0 Å². The van der Waals surface area contributed by atoms with Gasteiger partial charge in [-0.25, -0.2) is 9.37 Å². The summed E-state index contributed by atoms with van der Waals surface area (Å²) >= 11 is 12.7. The fourth-order valence-electron chi connectivity index (χ4n) is 1.96. The van der Waals surface area contributed by atoms with Crippen LogP contribution in [0.5, 0.6) is 0 Å². The highest BCUT2D eigenvalue weighted by molar-refractivity contribution is 7.71. The van der Waals surface area contributed by atoms with Crippen molar-refractivity contribution in [2.24, 2.45) is 0 Å². The monoisotopic (exact) mass is 313 g/mol. The molecule has 0 fully saturated rings. The van der Waals surface area contributed by atoms with Gasteiger partial charge in [-0.15, -0.1) is 11.3 Å². The molecule has 0 saturated carbocycles. The average molecular weight is 314 g/mol. The second kappa shape index (κ2) is 5.03. The fourth-order valence-corrected chi connectivity index (χ4v) is 3.02. The van der Waals surface area contributed by atoms with E-state index in [9.17, 15) is 4.39 Å². The van der Waals surface area contributed by atoms with Crippen LogP contribution >= 0.6 is 35.2 Å². The molecule has 19 heavy (non-hydrogen) atoms. The van der Waals surface area contributed by atoms with E-state index in [4.69, 9.17) is 23.8 Å². The van der Waals surface area contributed by atoms with Crippen LogP contribution < -0.4 is 0 Å². The molecular formula is C12H9ClFN3S2. The van der Waals surface area contributed by atoms with Gasteiger partial charge in [0.2, 0.25) is 0 Å². The molecule has 3 nitrogen and oxygen atoms in total. The van der Waals surface area contributed by atoms with E-state index in [2.05, 4.69) is 9.97 Å². The highest BCUT2D eigenvalue weighted by Crippen LogP contribution is 2.23. The van der Waals surface area contributed by atoms with Crippen molar-refractivity contribution in [3.8, 4) is 0 Å². The number of H-pyrrole nitrogens is 1. The van der Waals surface area contributed by atoms with Crippen LogP contribution in [-0.4, -0.2) is 14.5 Å². The molecule has 0 aliphatic heterocycles. The maximum atomic E-state index is 13.4. The van der Waals surface area contributed by atoms with Crippen molar-refractivity contribution < 1.29 is 4.39 Å². The lowest BCUT2D eigenvalue weighted by molar-refractivity contribution is 0.629. The van der Waals surface area contributed by atoms with Gasteiger partial charge in [-0.3, -0.25) is 0 Å². The van der Waals surface area contributed by atoms with Crippen LogP contribution in [0.25, 0.3) is 11.0 Å². The van der Waals surface area contributed by atoms with E-state index in [1.165, 1.54) is 6.07 Å². The first-order chi connectivity index (χ1) is 9.15. The van der Waals surface area contributed by atoms with Crippen molar-refractivity contribution in [1.29, 1.82) is 0 Å². The number of fused-ring (bicyclic) bond motifs is 1. The molecule has 0 amide bonds. The molecule has 1 N–H and O–H groups in total. The van der Waals surface area contributed by atoms with Crippen molar-refractivity contribution in [2.75, 3.05) is 0 Å². The Morgan fingerprint density at radius 1 is 1.47 bits per heavy atom. The van der Waals surface area contributed by atoms with E-state index in [0.29, 0.717) is 16.8 Å². The number of thiazole rings is 1. The molecule has 1 aromatic carbocycles. The lowest BCUT2D eigenvalue weighted by atomic mass is 10.3. The van der Waals surface area contributed by atoms with Crippen LogP contribution in [0, 0.1) is 10.6 Å². The number of hydrogen-bond donors (Lipinski definition) is 1. The summed E-state index contributed by atoms with van der Waals surface area (Å²) in [4.78, 5) is 7.22. The molecule has 3 aromatic rings. The number of halogens is 2. The first-order valence-electron chi connectivity index (χ1n) is 5.61. The molecule has 2 aromatic heterocycles. The molecule has 0 aliphatic rings. The zero-order chi connectivity index (χ0) is 13.4. The van der Waals surface area contributed by atoms with Crippen LogP contribution in [0.4, 0.5) is 4.39 Å². The maximum absolute atomic E-state index is 13.4. The molecule has 0 spiro atoms. The van der Waals surface area contributed by atoms with Crippen LogP contribution in [-0.2, 0) is 13.0 Å². The molecule has 3 rings (SSSR count). The third kappa shape index (κ3) is 2.43. The molecule has 0 unspecified atom stereocenters. The van der Waals surface area contributed by atoms with E-state index in [1.807, 2.05) is 9.95 Å². The van der Waals surface area contributed by atoms with Gasteiger partial charge in [0.25, 0.3) is 0 Å². The molecule has 0 radical (unpaired) electrons. The molecule has 0 atom stereocenters. The largest absolute Gasteiger partial charge is 0.330 e. The zero-order valence-electron chi connectivity index (χ0n) is 9.69. The van der Waals surface area contributed by atoms with Gasteiger partial charge < -0.3 is 9.55 Å². The number of benzene rings is 1. The first kappa shape index (κ1) is 12.8. The van der Waals surface area contributed by atoms with Crippen LogP contribution in [0.15, 0.2) is 23.7 Å². The maximum Gasteiger partial charge on any atom is 0.178 e. The Morgan fingerprint density at radius 2 is 2.32 bits per heavy atom. The molecule has 0 saturated heterocycles. The van der Waals surface area contributed by atoms with Gasteiger partial charge in [-0.2, -0.15) is 0 Å². The number of nitrogens with zero attached hydrogens (tertiary/aromatic N) is 2. The lowest BCUT2D eigenvalue weighted by Crippen LogP contribution is -2.01. The first-order valence-corrected chi connectivity index (χ1v) is 7.27. The highest BCUT2D eigenvalue weighted by Gasteiger charge is 2.09. The Bertz CT molecular complexity index is 776. The summed E-state index contributed by atoms with van der Waals surface area (Å²) in [6.07, 6.45) is 2.56. The molecular weight excluding hydrogens is 305 g/mol. The van der Waals surface area contributed by atoms with Gasteiger partial charge in [-0.1, -0.05) is 11.6 Å². The normalized spacial score (nSPS) is 11.3. The number of aromatic amines is 1. The summed E-state index contributed by atoms with van der Waals surface area (Å²) in [5, 5.41) is 3.09. The molecule has 7 heteroatoms. The third-order valence-electron chi connectivity index (χ3n) is 2.85. The van der Waals surface area contributed by atoms with E-state index in [1.54, 1.807) is 23.6 Å². The predicted molar refractivity (Wildman–Crippen MR) is 77.9 cm³/mol. The SMILES string of the molecule is Fc1cc2[nH]c(=S)n(CCc3nccs3)c2cc1Cl. The minimum Gasteiger partial charge on any atom is -0.330 e. The number of aromatic nitrogens is 3. The standard InChI is InChI=1S/C12H9ClFN3S2/c13-7-5-10-9(6-8(7)14)16-12(18)17(10)3-1-11-15-2-4-19-11/h2,4-6H,1,3H2,(H,16,18). The molecule has 2 heterocycles. The summed E-state index contributed by atoms with van der Waals surface area (Å²) < 4.78 is 15.9. The highest BCUT2D eigenvalue weighted by atomic mass is 35.5.